The Labute approximate surface area is 120 Å². The fourth-order valence-corrected chi connectivity index (χ4v) is 2.51. The Morgan fingerprint density at radius 1 is 1.05 bits per heavy atom. The van der Waals surface area contributed by atoms with Crippen molar-refractivity contribution in [3.05, 3.63) is 35.4 Å². The molecule has 1 fully saturated rings. The van der Waals surface area contributed by atoms with Crippen molar-refractivity contribution in [2.45, 2.75) is 38.8 Å². The van der Waals surface area contributed by atoms with E-state index in [0.29, 0.717) is 13.1 Å². The smallest absolute Gasteiger partial charge is 0.236 e. The number of carbonyl (C=O) groups excluding carboxylic acids is 1. The van der Waals surface area contributed by atoms with Crippen molar-refractivity contribution in [3.8, 4) is 0 Å². The van der Waals surface area contributed by atoms with Gasteiger partial charge in [0.15, 0.2) is 0 Å². The Hall–Kier alpha value is -1.39. The molecule has 2 rings (SSSR count). The Kier molecular flexibility index (Phi) is 6.02. The first-order chi connectivity index (χ1) is 9.79. The first kappa shape index (κ1) is 15.0. The molecule has 1 aromatic rings. The Morgan fingerprint density at radius 3 is 2.25 bits per heavy atom. The molecule has 1 saturated heterocycles. The minimum absolute atomic E-state index is 0.0706. The fourth-order valence-electron chi connectivity index (χ4n) is 2.51. The maximum absolute atomic E-state index is 12.1. The van der Waals surface area contributed by atoms with Crippen molar-refractivity contribution in [1.29, 1.82) is 0 Å². The monoisotopic (exact) mass is 276 g/mol. The molecule has 0 bridgehead atoms. The summed E-state index contributed by atoms with van der Waals surface area (Å²) in [5.41, 5.74) is 2.04. The summed E-state index contributed by atoms with van der Waals surface area (Å²) in [5, 5.41) is 12.2. The molecule has 0 aliphatic carbocycles. The minimum Gasteiger partial charge on any atom is -0.392 e. The zero-order valence-corrected chi connectivity index (χ0v) is 12.0. The standard InChI is InChI=1S/C16H24N2O2/c19-13-15-7-5-14(6-8-15)11-17-12-16(20)18-9-3-1-2-4-10-18/h5-8,17,19H,1-4,9-13H2. The normalized spacial score (nSPS) is 15.9. The van der Waals surface area contributed by atoms with Crippen molar-refractivity contribution in [1.82, 2.24) is 10.2 Å². The number of amides is 1. The molecular formula is C16H24N2O2. The molecule has 0 spiro atoms. The van der Waals surface area contributed by atoms with Gasteiger partial charge in [0.05, 0.1) is 13.2 Å². The maximum atomic E-state index is 12.1. The molecule has 1 amide bonds. The lowest BCUT2D eigenvalue weighted by atomic mass is 10.1. The van der Waals surface area contributed by atoms with Gasteiger partial charge in [-0.25, -0.2) is 0 Å². The van der Waals surface area contributed by atoms with E-state index in [0.717, 1.165) is 37.1 Å². The van der Waals surface area contributed by atoms with Crippen molar-refractivity contribution in [2.24, 2.45) is 0 Å². The van der Waals surface area contributed by atoms with E-state index < -0.39 is 0 Å². The number of nitrogens with zero attached hydrogens (tertiary/aromatic N) is 1. The average Bonchev–Trinajstić information content (AvgIpc) is 2.77. The lowest BCUT2D eigenvalue weighted by Crippen LogP contribution is -2.38. The molecule has 1 aliphatic rings. The number of aliphatic hydroxyl groups is 1. The van der Waals surface area contributed by atoms with Gasteiger partial charge in [0.1, 0.15) is 0 Å². The lowest BCUT2D eigenvalue weighted by molar-refractivity contribution is -0.130. The summed E-state index contributed by atoms with van der Waals surface area (Å²) in [4.78, 5) is 14.1. The number of hydrogen-bond acceptors (Lipinski definition) is 3. The van der Waals surface area contributed by atoms with E-state index in [1.165, 1.54) is 12.8 Å². The van der Waals surface area contributed by atoms with Crippen LogP contribution >= 0.6 is 0 Å². The number of nitrogens with one attached hydrogen (secondary N) is 1. The van der Waals surface area contributed by atoms with E-state index in [4.69, 9.17) is 5.11 Å². The number of carbonyl (C=O) groups is 1. The van der Waals surface area contributed by atoms with Gasteiger partial charge in [0.25, 0.3) is 0 Å². The molecule has 0 radical (unpaired) electrons. The summed E-state index contributed by atoms with van der Waals surface area (Å²) in [5.74, 6) is 0.207. The summed E-state index contributed by atoms with van der Waals surface area (Å²) >= 11 is 0. The second-order valence-corrected chi connectivity index (χ2v) is 5.37. The van der Waals surface area contributed by atoms with E-state index in [1.807, 2.05) is 29.2 Å². The van der Waals surface area contributed by atoms with Crippen LogP contribution in [0.5, 0.6) is 0 Å². The van der Waals surface area contributed by atoms with E-state index in [9.17, 15) is 4.79 Å². The predicted molar refractivity (Wildman–Crippen MR) is 79.1 cm³/mol. The van der Waals surface area contributed by atoms with Crippen LogP contribution in [0.25, 0.3) is 0 Å². The van der Waals surface area contributed by atoms with E-state index in [1.54, 1.807) is 0 Å². The van der Waals surface area contributed by atoms with Gasteiger partial charge in [0.2, 0.25) is 5.91 Å². The Balaban J connectivity index is 1.72. The van der Waals surface area contributed by atoms with Crippen molar-refractivity contribution >= 4 is 5.91 Å². The van der Waals surface area contributed by atoms with Crippen LogP contribution in [0.15, 0.2) is 24.3 Å². The third-order valence-corrected chi connectivity index (χ3v) is 3.77. The average molecular weight is 276 g/mol. The summed E-state index contributed by atoms with van der Waals surface area (Å²) in [6.45, 7) is 2.98. The zero-order chi connectivity index (χ0) is 14.2. The SMILES string of the molecule is O=C(CNCc1ccc(CO)cc1)N1CCCCCC1. The molecule has 0 saturated carbocycles. The molecule has 1 aromatic carbocycles. The third-order valence-electron chi connectivity index (χ3n) is 3.77. The largest absolute Gasteiger partial charge is 0.392 e. The van der Waals surface area contributed by atoms with Gasteiger partial charge in [-0.15, -0.1) is 0 Å². The summed E-state index contributed by atoms with van der Waals surface area (Å²) in [6, 6.07) is 7.78. The van der Waals surface area contributed by atoms with Crippen molar-refractivity contribution in [2.75, 3.05) is 19.6 Å². The molecule has 20 heavy (non-hydrogen) atoms. The summed E-state index contributed by atoms with van der Waals surface area (Å²) < 4.78 is 0. The van der Waals surface area contributed by atoms with Crippen LogP contribution in [0.1, 0.15) is 36.8 Å². The predicted octanol–water partition coefficient (Wildman–Crippen LogP) is 1.67. The van der Waals surface area contributed by atoms with Crippen molar-refractivity contribution < 1.29 is 9.90 Å². The second-order valence-electron chi connectivity index (χ2n) is 5.37. The first-order valence-corrected chi connectivity index (χ1v) is 7.47. The third kappa shape index (κ3) is 4.62. The molecule has 4 heteroatoms. The quantitative estimate of drug-likeness (QED) is 0.860. The van der Waals surface area contributed by atoms with E-state index >= 15 is 0 Å². The Bertz CT molecular complexity index is 409. The minimum atomic E-state index is 0.0706. The molecule has 1 aliphatic heterocycles. The molecule has 2 N–H and O–H groups in total. The maximum Gasteiger partial charge on any atom is 0.236 e. The summed E-state index contributed by atoms with van der Waals surface area (Å²) in [6.07, 6.45) is 4.76. The molecule has 110 valence electrons. The number of benzene rings is 1. The van der Waals surface area contributed by atoms with E-state index in [2.05, 4.69) is 5.32 Å². The molecule has 4 nitrogen and oxygen atoms in total. The highest BCUT2D eigenvalue weighted by molar-refractivity contribution is 5.78. The van der Waals surface area contributed by atoms with Crippen LogP contribution in [0.3, 0.4) is 0 Å². The fraction of sp³-hybridized carbons (Fsp3) is 0.562. The second kappa shape index (κ2) is 8.02. The van der Waals surface area contributed by atoms with Gasteiger partial charge >= 0.3 is 0 Å². The number of likely N-dealkylation sites (tertiary alicyclic amines) is 1. The molecule has 0 aromatic heterocycles. The molecular weight excluding hydrogens is 252 g/mol. The first-order valence-electron chi connectivity index (χ1n) is 7.47. The van der Waals surface area contributed by atoms with Crippen LogP contribution in [-0.2, 0) is 17.9 Å². The molecule has 0 unspecified atom stereocenters. The van der Waals surface area contributed by atoms with E-state index in [-0.39, 0.29) is 12.5 Å². The summed E-state index contributed by atoms with van der Waals surface area (Å²) in [7, 11) is 0. The zero-order valence-electron chi connectivity index (χ0n) is 12.0. The van der Waals surface area contributed by atoms with Crippen LogP contribution in [0.4, 0.5) is 0 Å². The number of rotatable bonds is 5. The topological polar surface area (TPSA) is 52.6 Å². The van der Waals surface area contributed by atoms with Gasteiger partial charge in [-0.2, -0.15) is 0 Å². The van der Waals surface area contributed by atoms with Crippen LogP contribution in [-0.4, -0.2) is 35.5 Å². The van der Waals surface area contributed by atoms with Crippen LogP contribution in [0, 0.1) is 0 Å². The Morgan fingerprint density at radius 2 is 1.65 bits per heavy atom. The number of aliphatic hydroxyl groups excluding tert-OH is 1. The van der Waals surface area contributed by atoms with Gasteiger partial charge in [-0.05, 0) is 24.0 Å². The molecule has 1 heterocycles. The molecule has 0 atom stereocenters. The van der Waals surface area contributed by atoms with Crippen LogP contribution in [0.2, 0.25) is 0 Å². The van der Waals surface area contributed by atoms with Gasteiger partial charge < -0.3 is 15.3 Å². The van der Waals surface area contributed by atoms with Crippen molar-refractivity contribution in [3.63, 3.8) is 0 Å². The van der Waals surface area contributed by atoms with Gasteiger partial charge in [-0.3, -0.25) is 4.79 Å². The van der Waals surface area contributed by atoms with Crippen LogP contribution < -0.4 is 5.32 Å². The lowest BCUT2D eigenvalue weighted by Gasteiger charge is -2.20. The number of hydrogen-bond donors (Lipinski definition) is 2. The highest BCUT2D eigenvalue weighted by Gasteiger charge is 2.14. The van der Waals surface area contributed by atoms with Gasteiger partial charge in [0, 0.05) is 19.6 Å². The van der Waals surface area contributed by atoms with Gasteiger partial charge in [-0.1, -0.05) is 37.1 Å². The highest BCUT2D eigenvalue weighted by Crippen LogP contribution is 2.09. The highest BCUT2D eigenvalue weighted by atomic mass is 16.3.